The Bertz CT molecular complexity index is 123. The second-order valence-corrected chi connectivity index (χ2v) is 4.31. The third kappa shape index (κ3) is 3.11. The molecular formula is C10H22N2. The van der Waals surface area contributed by atoms with Crippen LogP contribution in [-0.4, -0.2) is 37.6 Å². The Balaban J connectivity index is 2.20. The molecule has 1 fully saturated rings. The number of hydrogen-bond acceptors (Lipinski definition) is 2. The van der Waals surface area contributed by atoms with Crippen molar-refractivity contribution in [3.63, 3.8) is 0 Å². The van der Waals surface area contributed by atoms with Crippen LogP contribution in [0.25, 0.3) is 0 Å². The summed E-state index contributed by atoms with van der Waals surface area (Å²) in [5.41, 5.74) is 0. The average Bonchev–Trinajstić information content (AvgIpc) is 2.03. The fraction of sp³-hybridized carbons (Fsp3) is 1.00. The van der Waals surface area contributed by atoms with Crippen LogP contribution in [0.5, 0.6) is 0 Å². The lowest BCUT2D eigenvalue weighted by Gasteiger charge is -2.33. The van der Waals surface area contributed by atoms with E-state index < -0.39 is 0 Å². The molecule has 1 heterocycles. The van der Waals surface area contributed by atoms with Gasteiger partial charge in [0, 0.05) is 25.7 Å². The van der Waals surface area contributed by atoms with E-state index in [1.54, 1.807) is 0 Å². The van der Waals surface area contributed by atoms with E-state index in [2.05, 4.69) is 31.1 Å². The molecule has 0 aliphatic carbocycles. The van der Waals surface area contributed by atoms with Crippen LogP contribution in [0, 0.1) is 5.92 Å². The molecule has 0 amide bonds. The maximum atomic E-state index is 3.45. The first kappa shape index (κ1) is 10.0. The van der Waals surface area contributed by atoms with Gasteiger partial charge in [0.2, 0.25) is 0 Å². The van der Waals surface area contributed by atoms with Crippen molar-refractivity contribution in [3.05, 3.63) is 0 Å². The maximum Gasteiger partial charge on any atom is 0.0218 e. The number of rotatable bonds is 3. The van der Waals surface area contributed by atoms with Gasteiger partial charge in [0.1, 0.15) is 0 Å². The Morgan fingerprint density at radius 3 is 2.83 bits per heavy atom. The van der Waals surface area contributed by atoms with Gasteiger partial charge in [-0.05, 0) is 25.8 Å². The van der Waals surface area contributed by atoms with Gasteiger partial charge in [-0.15, -0.1) is 0 Å². The predicted octanol–water partition coefficient (Wildman–Crippen LogP) is 1.33. The van der Waals surface area contributed by atoms with Gasteiger partial charge in [0.05, 0.1) is 0 Å². The number of piperazine rings is 1. The monoisotopic (exact) mass is 170 g/mol. The van der Waals surface area contributed by atoms with Crippen LogP contribution in [0.15, 0.2) is 0 Å². The van der Waals surface area contributed by atoms with E-state index in [0.29, 0.717) is 0 Å². The largest absolute Gasteiger partial charge is 0.314 e. The smallest absolute Gasteiger partial charge is 0.0218 e. The zero-order valence-electron chi connectivity index (χ0n) is 8.64. The topological polar surface area (TPSA) is 15.3 Å². The van der Waals surface area contributed by atoms with Gasteiger partial charge in [-0.2, -0.15) is 0 Å². The Labute approximate surface area is 76.3 Å². The van der Waals surface area contributed by atoms with Crippen molar-refractivity contribution in [2.75, 3.05) is 26.7 Å². The number of likely N-dealkylation sites (N-methyl/N-ethyl adjacent to an activating group) is 1. The molecule has 1 unspecified atom stereocenters. The summed E-state index contributed by atoms with van der Waals surface area (Å²) in [6.07, 6.45) is 2.71. The van der Waals surface area contributed by atoms with Gasteiger partial charge in [-0.25, -0.2) is 0 Å². The molecule has 72 valence electrons. The lowest BCUT2D eigenvalue weighted by atomic mass is 10.0. The fourth-order valence-electron chi connectivity index (χ4n) is 1.71. The molecule has 1 rings (SSSR count). The van der Waals surface area contributed by atoms with Crippen LogP contribution < -0.4 is 5.32 Å². The molecule has 0 aromatic rings. The van der Waals surface area contributed by atoms with E-state index in [4.69, 9.17) is 0 Å². The molecule has 12 heavy (non-hydrogen) atoms. The van der Waals surface area contributed by atoms with Crippen molar-refractivity contribution < 1.29 is 0 Å². The van der Waals surface area contributed by atoms with Gasteiger partial charge < -0.3 is 10.2 Å². The Morgan fingerprint density at radius 1 is 1.50 bits per heavy atom. The molecule has 2 heteroatoms. The van der Waals surface area contributed by atoms with E-state index in [1.165, 1.54) is 25.9 Å². The van der Waals surface area contributed by atoms with E-state index >= 15 is 0 Å². The summed E-state index contributed by atoms with van der Waals surface area (Å²) >= 11 is 0. The van der Waals surface area contributed by atoms with E-state index in [9.17, 15) is 0 Å². The summed E-state index contributed by atoms with van der Waals surface area (Å²) in [5, 5.41) is 3.45. The molecule has 0 bridgehead atoms. The molecular weight excluding hydrogens is 148 g/mol. The highest BCUT2D eigenvalue weighted by molar-refractivity contribution is 4.77. The minimum Gasteiger partial charge on any atom is -0.314 e. The lowest BCUT2D eigenvalue weighted by Crippen LogP contribution is -2.49. The average molecular weight is 170 g/mol. The van der Waals surface area contributed by atoms with Crippen molar-refractivity contribution in [2.24, 2.45) is 5.92 Å². The molecule has 0 aromatic carbocycles. The summed E-state index contributed by atoms with van der Waals surface area (Å²) < 4.78 is 0. The zero-order valence-corrected chi connectivity index (χ0v) is 8.64. The van der Waals surface area contributed by atoms with Crippen LogP contribution in [0.3, 0.4) is 0 Å². The van der Waals surface area contributed by atoms with Crippen molar-refractivity contribution in [2.45, 2.75) is 32.7 Å². The normalized spacial score (nSPS) is 26.5. The first-order valence-corrected chi connectivity index (χ1v) is 5.11. The first-order chi connectivity index (χ1) is 5.70. The van der Waals surface area contributed by atoms with E-state index in [-0.39, 0.29) is 0 Å². The highest BCUT2D eigenvalue weighted by Crippen LogP contribution is 2.11. The Kier molecular flexibility index (Phi) is 4.02. The molecule has 1 N–H and O–H groups in total. The summed E-state index contributed by atoms with van der Waals surface area (Å²) in [7, 11) is 2.24. The van der Waals surface area contributed by atoms with Gasteiger partial charge in [-0.1, -0.05) is 13.8 Å². The number of nitrogens with one attached hydrogen (secondary N) is 1. The molecule has 1 aliphatic heterocycles. The van der Waals surface area contributed by atoms with Crippen molar-refractivity contribution >= 4 is 0 Å². The number of hydrogen-bond donors (Lipinski definition) is 1. The van der Waals surface area contributed by atoms with Crippen LogP contribution >= 0.6 is 0 Å². The van der Waals surface area contributed by atoms with Gasteiger partial charge in [-0.3, -0.25) is 0 Å². The zero-order chi connectivity index (χ0) is 8.97. The molecule has 0 aromatic heterocycles. The van der Waals surface area contributed by atoms with E-state index in [0.717, 1.165) is 18.5 Å². The SMILES string of the molecule is CC(C)CCC1CNCCN1C. The Morgan fingerprint density at radius 2 is 2.25 bits per heavy atom. The fourth-order valence-corrected chi connectivity index (χ4v) is 1.71. The highest BCUT2D eigenvalue weighted by atomic mass is 15.2. The standard InChI is InChI=1S/C10H22N2/c1-9(2)4-5-10-8-11-6-7-12(10)3/h9-11H,4-8H2,1-3H3. The molecule has 1 atom stereocenters. The Hall–Kier alpha value is -0.0800. The summed E-state index contributed by atoms with van der Waals surface area (Å²) in [5.74, 6) is 0.848. The van der Waals surface area contributed by atoms with Crippen LogP contribution in [-0.2, 0) is 0 Å². The third-order valence-electron chi connectivity index (χ3n) is 2.72. The van der Waals surface area contributed by atoms with E-state index in [1.807, 2.05) is 0 Å². The second kappa shape index (κ2) is 4.83. The minimum absolute atomic E-state index is 0.779. The van der Waals surface area contributed by atoms with Gasteiger partial charge in [0.15, 0.2) is 0 Å². The minimum atomic E-state index is 0.779. The quantitative estimate of drug-likeness (QED) is 0.687. The summed E-state index contributed by atoms with van der Waals surface area (Å²) in [6.45, 7) is 8.16. The third-order valence-corrected chi connectivity index (χ3v) is 2.72. The maximum absolute atomic E-state index is 3.45. The first-order valence-electron chi connectivity index (χ1n) is 5.11. The van der Waals surface area contributed by atoms with Crippen LogP contribution in [0.1, 0.15) is 26.7 Å². The van der Waals surface area contributed by atoms with Crippen LogP contribution in [0.2, 0.25) is 0 Å². The van der Waals surface area contributed by atoms with Crippen LogP contribution in [0.4, 0.5) is 0 Å². The predicted molar refractivity (Wildman–Crippen MR) is 53.4 cm³/mol. The lowest BCUT2D eigenvalue weighted by molar-refractivity contribution is 0.183. The van der Waals surface area contributed by atoms with Gasteiger partial charge in [0.25, 0.3) is 0 Å². The molecule has 1 saturated heterocycles. The van der Waals surface area contributed by atoms with Crippen molar-refractivity contribution in [1.82, 2.24) is 10.2 Å². The van der Waals surface area contributed by atoms with Crippen molar-refractivity contribution in [1.29, 1.82) is 0 Å². The molecule has 0 radical (unpaired) electrons. The molecule has 2 nitrogen and oxygen atoms in total. The molecule has 0 spiro atoms. The second-order valence-electron chi connectivity index (χ2n) is 4.31. The van der Waals surface area contributed by atoms with Crippen molar-refractivity contribution in [3.8, 4) is 0 Å². The molecule has 0 saturated carbocycles. The van der Waals surface area contributed by atoms with Gasteiger partial charge >= 0.3 is 0 Å². The highest BCUT2D eigenvalue weighted by Gasteiger charge is 2.17. The summed E-state index contributed by atoms with van der Waals surface area (Å²) in [4.78, 5) is 2.49. The summed E-state index contributed by atoms with van der Waals surface area (Å²) in [6, 6.07) is 0.779. The number of nitrogens with zero attached hydrogens (tertiary/aromatic N) is 1. The molecule has 1 aliphatic rings.